The lowest BCUT2D eigenvalue weighted by Gasteiger charge is -2.11. The molecule has 0 unspecified atom stereocenters. The van der Waals surface area contributed by atoms with Gasteiger partial charge in [0.1, 0.15) is 0 Å². The van der Waals surface area contributed by atoms with Crippen molar-refractivity contribution in [1.82, 2.24) is 4.57 Å². The fraction of sp³-hybridized carbons (Fsp3) is 0.333. The summed E-state index contributed by atoms with van der Waals surface area (Å²) < 4.78 is 3.39. The molecule has 2 rings (SSSR count). The first kappa shape index (κ1) is 11.0. The van der Waals surface area contributed by atoms with Crippen LogP contribution in [0.1, 0.15) is 25.5 Å². The fourth-order valence-corrected chi connectivity index (χ4v) is 3.09. The maximum atomic E-state index is 6.22. The maximum Gasteiger partial charge on any atom is 0.0890 e. The Balaban J connectivity index is 2.94. The Morgan fingerprint density at radius 1 is 1.33 bits per heavy atom. The fourth-order valence-electron chi connectivity index (χ4n) is 1.98. The number of halogens is 2. The molecule has 0 spiro atoms. The van der Waals surface area contributed by atoms with Crippen LogP contribution < -0.4 is 0 Å². The Morgan fingerprint density at radius 3 is 2.60 bits per heavy atom. The van der Waals surface area contributed by atoms with E-state index in [1.807, 2.05) is 12.1 Å². The molecule has 0 atom stereocenters. The van der Waals surface area contributed by atoms with Gasteiger partial charge < -0.3 is 4.57 Å². The summed E-state index contributed by atoms with van der Waals surface area (Å²) >= 11 is 9.85. The van der Waals surface area contributed by atoms with Crippen LogP contribution in [0.25, 0.3) is 10.9 Å². The second-order valence-corrected chi connectivity index (χ2v) is 5.17. The van der Waals surface area contributed by atoms with Gasteiger partial charge in [-0.3, -0.25) is 0 Å². The second kappa shape index (κ2) is 3.84. The molecule has 0 amide bonds. The van der Waals surface area contributed by atoms with E-state index >= 15 is 0 Å². The van der Waals surface area contributed by atoms with Gasteiger partial charge in [-0.05, 0) is 54.4 Å². The van der Waals surface area contributed by atoms with Crippen molar-refractivity contribution in [2.45, 2.75) is 26.8 Å². The summed E-state index contributed by atoms with van der Waals surface area (Å²) in [5.41, 5.74) is 2.41. The van der Waals surface area contributed by atoms with Crippen LogP contribution in [0.5, 0.6) is 0 Å². The maximum absolute atomic E-state index is 6.22. The van der Waals surface area contributed by atoms with Crippen LogP contribution in [0, 0.1) is 6.92 Å². The molecule has 15 heavy (non-hydrogen) atoms. The van der Waals surface area contributed by atoms with E-state index in [0.717, 1.165) is 15.0 Å². The van der Waals surface area contributed by atoms with Gasteiger partial charge in [0, 0.05) is 11.4 Å². The summed E-state index contributed by atoms with van der Waals surface area (Å²) in [6.07, 6.45) is 0. The summed E-state index contributed by atoms with van der Waals surface area (Å²) in [5, 5.41) is 1.98. The number of nitrogens with zero attached hydrogens (tertiary/aromatic N) is 1. The van der Waals surface area contributed by atoms with Crippen molar-refractivity contribution in [3.63, 3.8) is 0 Å². The summed E-state index contributed by atoms with van der Waals surface area (Å²) in [6, 6.07) is 6.47. The van der Waals surface area contributed by atoms with Crippen LogP contribution in [0.15, 0.2) is 22.8 Å². The lowest BCUT2D eigenvalue weighted by Crippen LogP contribution is -2.00. The van der Waals surface area contributed by atoms with E-state index in [-0.39, 0.29) is 0 Å². The van der Waals surface area contributed by atoms with Crippen molar-refractivity contribution >= 4 is 38.4 Å². The number of aryl methyl sites for hydroxylation is 1. The van der Waals surface area contributed by atoms with Gasteiger partial charge in [-0.2, -0.15) is 0 Å². The summed E-state index contributed by atoms with van der Waals surface area (Å²) in [6.45, 7) is 6.44. The zero-order valence-corrected chi connectivity index (χ0v) is 11.4. The van der Waals surface area contributed by atoms with Gasteiger partial charge >= 0.3 is 0 Å². The largest absolute Gasteiger partial charge is 0.332 e. The molecular formula is C12H13BrClN. The zero-order valence-electron chi connectivity index (χ0n) is 9.01. The van der Waals surface area contributed by atoms with Crippen molar-refractivity contribution in [3.05, 3.63) is 33.4 Å². The molecule has 0 bridgehead atoms. The van der Waals surface area contributed by atoms with E-state index in [4.69, 9.17) is 11.6 Å². The molecule has 1 heterocycles. The zero-order chi connectivity index (χ0) is 11.2. The minimum atomic E-state index is 0.425. The molecule has 0 aliphatic carbocycles. The molecule has 80 valence electrons. The van der Waals surface area contributed by atoms with Crippen molar-refractivity contribution in [2.24, 2.45) is 0 Å². The van der Waals surface area contributed by atoms with E-state index in [2.05, 4.69) is 47.3 Å². The standard InChI is InChI=1S/C12H13BrClN/c1-7(2)15-10-6-4-5-9(14)11(10)8(3)12(15)13/h4-7H,1-3H3. The van der Waals surface area contributed by atoms with Crippen molar-refractivity contribution in [1.29, 1.82) is 0 Å². The monoisotopic (exact) mass is 285 g/mol. The van der Waals surface area contributed by atoms with E-state index in [9.17, 15) is 0 Å². The van der Waals surface area contributed by atoms with Crippen molar-refractivity contribution in [3.8, 4) is 0 Å². The molecule has 0 fully saturated rings. The predicted molar refractivity (Wildman–Crippen MR) is 69.8 cm³/mol. The Labute approximate surface area is 103 Å². The average Bonchev–Trinajstić information content (AvgIpc) is 2.41. The third-order valence-electron chi connectivity index (χ3n) is 2.66. The molecule has 0 aliphatic heterocycles. The van der Waals surface area contributed by atoms with E-state index < -0.39 is 0 Å². The third-order valence-corrected chi connectivity index (χ3v) is 3.96. The predicted octanol–water partition coefficient (Wildman–Crippen LogP) is 4.95. The Bertz CT molecular complexity index is 514. The highest BCUT2D eigenvalue weighted by Crippen LogP contribution is 2.36. The summed E-state index contributed by atoms with van der Waals surface area (Å²) in [4.78, 5) is 0. The highest BCUT2D eigenvalue weighted by Gasteiger charge is 2.15. The van der Waals surface area contributed by atoms with Crippen LogP contribution in [0.4, 0.5) is 0 Å². The first-order valence-corrected chi connectivity index (χ1v) is 6.15. The van der Waals surface area contributed by atoms with Crippen LogP contribution in [-0.4, -0.2) is 4.57 Å². The Morgan fingerprint density at radius 2 is 2.00 bits per heavy atom. The molecule has 1 aromatic carbocycles. The van der Waals surface area contributed by atoms with Gasteiger partial charge in [0.15, 0.2) is 0 Å². The lowest BCUT2D eigenvalue weighted by molar-refractivity contribution is 0.610. The SMILES string of the molecule is Cc1c(Br)n(C(C)C)c2cccc(Cl)c12. The topological polar surface area (TPSA) is 4.93 Å². The van der Waals surface area contributed by atoms with Crippen LogP contribution in [0.2, 0.25) is 5.02 Å². The normalized spacial score (nSPS) is 11.6. The number of fused-ring (bicyclic) bond motifs is 1. The van der Waals surface area contributed by atoms with Gasteiger partial charge in [-0.1, -0.05) is 17.7 Å². The van der Waals surface area contributed by atoms with Crippen LogP contribution in [0.3, 0.4) is 0 Å². The molecule has 0 N–H and O–H groups in total. The molecule has 1 nitrogen and oxygen atoms in total. The molecule has 2 aromatic rings. The third kappa shape index (κ3) is 1.60. The second-order valence-electron chi connectivity index (χ2n) is 4.01. The van der Waals surface area contributed by atoms with Gasteiger partial charge in [-0.25, -0.2) is 0 Å². The van der Waals surface area contributed by atoms with E-state index in [1.165, 1.54) is 11.1 Å². The number of rotatable bonds is 1. The van der Waals surface area contributed by atoms with Gasteiger partial charge in [-0.15, -0.1) is 0 Å². The Hall–Kier alpha value is -0.470. The van der Waals surface area contributed by atoms with Crippen molar-refractivity contribution < 1.29 is 0 Å². The van der Waals surface area contributed by atoms with E-state index in [0.29, 0.717) is 6.04 Å². The number of hydrogen-bond donors (Lipinski definition) is 0. The van der Waals surface area contributed by atoms with Crippen molar-refractivity contribution in [2.75, 3.05) is 0 Å². The minimum absolute atomic E-state index is 0.425. The molecule has 3 heteroatoms. The first-order chi connectivity index (χ1) is 7.04. The first-order valence-electron chi connectivity index (χ1n) is 4.98. The highest BCUT2D eigenvalue weighted by molar-refractivity contribution is 9.10. The number of aromatic nitrogens is 1. The average molecular weight is 287 g/mol. The molecule has 0 saturated carbocycles. The Kier molecular flexibility index (Phi) is 2.82. The molecule has 1 aromatic heterocycles. The molecule has 0 aliphatic rings. The van der Waals surface area contributed by atoms with Crippen LogP contribution in [-0.2, 0) is 0 Å². The summed E-state index contributed by atoms with van der Waals surface area (Å²) in [7, 11) is 0. The smallest absolute Gasteiger partial charge is 0.0890 e. The quantitative estimate of drug-likeness (QED) is 0.699. The molecule has 0 radical (unpaired) electrons. The van der Waals surface area contributed by atoms with Gasteiger partial charge in [0.05, 0.1) is 15.1 Å². The van der Waals surface area contributed by atoms with Gasteiger partial charge in [0.25, 0.3) is 0 Å². The van der Waals surface area contributed by atoms with Gasteiger partial charge in [0.2, 0.25) is 0 Å². The minimum Gasteiger partial charge on any atom is -0.332 e. The van der Waals surface area contributed by atoms with E-state index in [1.54, 1.807) is 0 Å². The molecule has 0 saturated heterocycles. The van der Waals surface area contributed by atoms with Crippen LogP contribution >= 0.6 is 27.5 Å². The molecular weight excluding hydrogens is 273 g/mol. The summed E-state index contributed by atoms with van der Waals surface area (Å²) in [5.74, 6) is 0. The lowest BCUT2D eigenvalue weighted by atomic mass is 10.2. The number of hydrogen-bond acceptors (Lipinski definition) is 0. The number of benzene rings is 1. The highest BCUT2D eigenvalue weighted by atomic mass is 79.9.